The molecule has 6 nitrogen and oxygen atoms in total. The maximum atomic E-state index is 12.5. The van der Waals surface area contributed by atoms with Crippen LogP contribution in [0.4, 0.5) is 8.68 Å². The van der Waals surface area contributed by atoms with E-state index in [1.54, 1.807) is 0 Å². The van der Waals surface area contributed by atoms with Gasteiger partial charge in [-0.25, -0.2) is 4.79 Å². The van der Waals surface area contributed by atoms with Gasteiger partial charge in [-0.15, -0.1) is 3.89 Å². The van der Waals surface area contributed by atoms with Crippen LogP contribution >= 0.6 is 0 Å². The molecule has 1 aromatic carbocycles. The number of amides is 1. The third kappa shape index (κ3) is 4.18. The summed E-state index contributed by atoms with van der Waals surface area (Å²) in [4.78, 5) is 13.1. The predicted octanol–water partition coefficient (Wildman–Crippen LogP) is 1.84. The molecule has 1 amide bonds. The standard InChI is InChI=1S/C14H15FN2O4S/c15-22(19,20)7-6-14(9-16)10-17(11-14)13(18)21-8-12-4-2-1-3-5-12/h1-5H,6-8,10-11H2. The Morgan fingerprint density at radius 2 is 2.00 bits per heavy atom. The van der Waals surface area contributed by atoms with E-state index in [0.29, 0.717) is 0 Å². The molecule has 0 atom stereocenters. The quantitative estimate of drug-likeness (QED) is 0.770. The Hall–Kier alpha value is -2.14. The number of likely N-dealkylation sites (tertiary alicyclic amines) is 1. The van der Waals surface area contributed by atoms with Crippen LogP contribution in [0.25, 0.3) is 0 Å². The highest BCUT2D eigenvalue weighted by atomic mass is 32.3. The van der Waals surface area contributed by atoms with Gasteiger partial charge in [-0.05, 0) is 12.0 Å². The van der Waals surface area contributed by atoms with Crippen molar-refractivity contribution in [2.75, 3.05) is 18.8 Å². The molecule has 0 N–H and O–H groups in total. The second-order valence-electron chi connectivity index (χ2n) is 5.28. The molecule has 0 spiro atoms. The molecule has 8 heteroatoms. The van der Waals surface area contributed by atoms with Crippen molar-refractivity contribution in [1.82, 2.24) is 4.90 Å². The summed E-state index contributed by atoms with van der Waals surface area (Å²) >= 11 is 0. The van der Waals surface area contributed by atoms with Crippen molar-refractivity contribution in [3.8, 4) is 6.07 Å². The van der Waals surface area contributed by atoms with E-state index in [0.717, 1.165) is 5.56 Å². The van der Waals surface area contributed by atoms with Gasteiger partial charge in [0.15, 0.2) is 0 Å². The molecule has 1 aliphatic rings. The van der Waals surface area contributed by atoms with Crippen LogP contribution < -0.4 is 0 Å². The fraction of sp³-hybridized carbons (Fsp3) is 0.429. The minimum Gasteiger partial charge on any atom is -0.445 e. The van der Waals surface area contributed by atoms with Gasteiger partial charge in [-0.1, -0.05) is 30.3 Å². The average molecular weight is 326 g/mol. The smallest absolute Gasteiger partial charge is 0.410 e. The molecule has 0 saturated carbocycles. The highest BCUT2D eigenvalue weighted by Crippen LogP contribution is 2.34. The van der Waals surface area contributed by atoms with Crippen LogP contribution in [0.3, 0.4) is 0 Å². The van der Waals surface area contributed by atoms with Crippen LogP contribution in [-0.2, 0) is 21.6 Å². The van der Waals surface area contributed by atoms with Gasteiger partial charge in [0.25, 0.3) is 0 Å². The van der Waals surface area contributed by atoms with Crippen molar-refractivity contribution in [3.63, 3.8) is 0 Å². The van der Waals surface area contributed by atoms with E-state index in [-0.39, 0.29) is 26.1 Å². The molecule has 1 aromatic rings. The predicted molar refractivity (Wildman–Crippen MR) is 75.8 cm³/mol. The molecule has 0 radical (unpaired) electrons. The number of hydrogen-bond donors (Lipinski definition) is 0. The summed E-state index contributed by atoms with van der Waals surface area (Å²) in [5.74, 6) is -0.715. The van der Waals surface area contributed by atoms with Crippen molar-refractivity contribution < 1.29 is 21.8 Å². The lowest BCUT2D eigenvalue weighted by Gasteiger charge is -2.44. The van der Waals surface area contributed by atoms with E-state index >= 15 is 0 Å². The molecule has 0 aliphatic carbocycles. The van der Waals surface area contributed by atoms with Crippen LogP contribution in [0.15, 0.2) is 30.3 Å². The number of ether oxygens (including phenoxy) is 1. The first-order valence-corrected chi connectivity index (χ1v) is 8.18. The Morgan fingerprint density at radius 1 is 1.36 bits per heavy atom. The molecular weight excluding hydrogens is 311 g/mol. The molecule has 1 fully saturated rings. The minimum absolute atomic E-state index is 0.0483. The molecule has 1 aliphatic heterocycles. The lowest BCUT2D eigenvalue weighted by atomic mass is 9.79. The Kier molecular flexibility index (Phi) is 4.66. The Bertz CT molecular complexity index is 679. The zero-order valence-corrected chi connectivity index (χ0v) is 12.6. The van der Waals surface area contributed by atoms with Gasteiger partial charge < -0.3 is 9.64 Å². The highest BCUT2D eigenvalue weighted by molar-refractivity contribution is 7.86. The highest BCUT2D eigenvalue weighted by Gasteiger charge is 2.46. The molecule has 0 bridgehead atoms. The third-order valence-electron chi connectivity index (χ3n) is 3.51. The zero-order chi connectivity index (χ0) is 16.2. The van der Waals surface area contributed by atoms with Crippen LogP contribution in [-0.4, -0.2) is 38.3 Å². The fourth-order valence-corrected chi connectivity index (χ4v) is 2.86. The summed E-state index contributed by atoms with van der Waals surface area (Å²) < 4.78 is 38.7. The Morgan fingerprint density at radius 3 is 2.55 bits per heavy atom. The fourth-order valence-electron chi connectivity index (χ4n) is 2.23. The lowest BCUT2D eigenvalue weighted by Crippen LogP contribution is -2.58. The first kappa shape index (κ1) is 16.2. The van der Waals surface area contributed by atoms with Crippen molar-refractivity contribution in [1.29, 1.82) is 5.26 Å². The monoisotopic (exact) mass is 326 g/mol. The first-order chi connectivity index (χ1) is 10.3. The number of halogens is 1. The summed E-state index contributed by atoms with van der Waals surface area (Å²) in [6, 6.07) is 11.1. The maximum Gasteiger partial charge on any atom is 0.410 e. The molecule has 0 unspecified atom stereocenters. The van der Waals surface area contributed by atoms with Crippen LogP contribution in [0.5, 0.6) is 0 Å². The van der Waals surface area contributed by atoms with Gasteiger partial charge in [-0.2, -0.15) is 13.7 Å². The van der Waals surface area contributed by atoms with Crippen molar-refractivity contribution in [2.45, 2.75) is 13.0 Å². The van der Waals surface area contributed by atoms with Gasteiger partial charge in [-0.3, -0.25) is 0 Å². The largest absolute Gasteiger partial charge is 0.445 e. The minimum atomic E-state index is -4.61. The van der Waals surface area contributed by atoms with Crippen molar-refractivity contribution in [2.24, 2.45) is 5.41 Å². The van der Waals surface area contributed by atoms with Crippen molar-refractivity contribution in [3.05, 3.63) is 35.9 Å². The summed E-state index contributed by atoms with van der Waals surface area (Å²) in [7, 11) is -4.61. The second-order valence-corrected chi connectivity index (χ2v) is 6.77. The number of hydrogen-bond acceptors (Lipinski definition) is 5. The van der Waals surface area contributed by atoms with Crippen LogP contribution in [0, 0.1) is 16.7 Å². The van der Waals surface area contributed by atoms with Gasteiger partial charge >= 0.3 is 16.3 Å². The SMILES string of the molecule is N#CC1(CCS(=O)(=O)F)CN(C(=O)OCc2ccccc2)C1. The molecule has 1 saturated heterocycles. The summed E-state index contributed by atoms with van der Waals surface area (Å²) in [5.41, 5.74) is -0.170. The number of nitriles is 1. The molecule has 118 valence electrons. The second kappa shape index (κ2) is 6.32. The van der Waals surface area contributed by atoms with E-state index in [4.69, 9.17) is 10.00 Å². The van der Waals surface area contributed by atoms with E-state index in [1.165, 1.54) is 4.90 Å². The molecule has 22 heavy (non-hydrogen) atoms. The molecular formula is C14H15FN2O4S. The van der Waals surface area contributed by atoms with E-state index in [1.807, 2.05) is 36.4 Å². The summed E-state index contributed by atoms with van der Waals surface area (Å²) in [6.07, 6.45) is -0.706. The average Bonchev–Trinajstić information content (AvgIpc) is 2.44. The zero-order valence-electron chi connectivity index (χ0n) is 11.7. The van der Waals surface area contributed by atoms with Gasteiger partial charge in [0, 0.05) is 13.1 Å². The number of benzene rings is 1. The van der Waals surface area contributed by atoms with E-state index < -0.39 is 27.5 Å². The Balaban J connectivity index is 1.81. The molecule has 0 aromatic heterocycles. The third-order valence-corrected chi connectivity index (χ3v) is 4.20. The van der Waals surface area contributed by atoms with Crippen molar-refractivity contribution >= 4 is 16.3 Å². The van der Waals surface area contributed by atoms with Gasteiger partial charge in [0.1, 0.15) is 6.61 Å². The normalized spacial score (nSPS) is 16.5. The molecule has 2 rings (SSSR count). The number of carbonyl (C=O) groups excluding carboxylic acids is 1. The van der Waals surface area contributed by atoms with E-state index in [2.05, 4.69) is 0 Å². The van der Waals surface area contributed by atoms with Gasteiger partial charge in [0.2, 0.25) is 0 Å². The Labute approximate surface area is 128 Å². The molecule has 1 heterocycles. The van der Waals surface area contributed by atoms with Gasteiger partial charge in [0.05, 0.1) is 17.2 Å². The first-order valence-electron chi connectivity index (χ1n) is 6.63. The summed E-state index contributed by atoms with van der Waals surface area (Å²) in [5, 5.41) is 9.09. The maximum absolute atomic E-state index is 12.5. The topological polar surface area (TPSA) is 87.5 Å². The van der Waals surface area contributed by atoms with Crippen LogP contribution in [0.1, 0.15) is 12.0 Å². The summed E-state index contributed by atoms with van der Waals surface area (Å²) in [6.45, 7) is 0.216. The number of carbonyl (C=O) groups is 1. The van der Waals surface area contributed by atoms with Crippen LogP contribution in [0.2, 0.25) is 0 Å². The van der Waals surface area contributed by atoms with E-state index in [9.17, 15) is 17.1 Å². The lowest BCUT2D eigenvalue weighted by molar-refractivity contribution is 0.0215. The number of nitrogens with zero attached hydrogens (tertiary/aromatic N) is 2. The number of rotatable bonds is 5.